The Morgan fingerprint density at radius 2 is 2.18 bits per heavy atom. The van der Waals surface area contributed by atoms with Crippen LogP contribution < -0.4 is 10.9 Å². The zero-order chi connectivity index (χ0) is 15.5. The number of aromatic nitrogens is 2. The predicted octanol–water partition coefficient (Wildman–Crippen LogP) is 2.38. The highest BCUT2D eigenvalue weighted by molar-refractivity contribution is 9.10. The number of hydrogen-bond donors (Lipinski definition) is 1. The van der Waals surface area contributed by atoms with E-state index in [9.17, 15) is 9.59 Å². The van der Waals surface area contributed by atoms with E-state index in [0.29, 0.717) is 18.0 Å². The number of carbonyl (C=O) groups excluding carboxylic acids is 1. The molecule has 1 aliphatic rings. The van der Waals surface area contributed by atoms with Crippen LogP contribution in [0.5, 0.6) is 0 Å². The van der Waals surface area contributed by atoms with Gasteiger partial charge in [0.15, 0.2) is 0 Å². The van der Waals surface area contributed by atoms with Crippen LogP contribution in [-0.2, 0) is 19.4 Å². The number of thiophene rings is 1. The molecule has 2 aromatic heterocycles. The molecule has 0 fully saturated rings. The lowest BCUT2D eigenvalue weighted by molar-refractivity contribution is 0.0955. The molecule has 0 bridgehead atoms. The number of nitrogens with zero attached hydrogens (tertiary/aromatic N) is 2. The molecule has 0 radical (unpaired) electrons. The second-order valence-corrected chi connectivity index (χ2v) is 7.10. The van der Waals surface area contributed by atoms with Crippen LogP contribution in [0.25, 0.3) is 0 Å². The monoisotopic (exact) mass is 381 g/mol. The highest BCUT2D eigenvalue weighted by Gasteiger charge is 2.13. The molecule has 0 saturated carbocycles. The van der Waals surface area contributed by atoms with Crippen LogP contribution >= 0.6 is 27.3 Å². The minimum absolute atomic E-state index is 0.0891. The van der Waals surface area contributed by atoms with Crippen LogP contribution in [0.1, 0.15) is 33.8 Å². The molecule has 0 atom stereocenters. The zero-order valence-electron chi connectivity index (χ0n) is 12.0. The SMILES string of the molecule is O=C(NCCn1nc2c(cc1=O)CCCC2)c1cc(Br)cs1. The summed E-state index contributed by atoms with van der Waals surface area (Å²) in [5.74, 6) is -0.123. The van der Waals surface area contributed by atoms with Gasteiger partial charge in [-0.25, -0.2) is 4.68 Å². The Morgan fingerprint density at radius 3 is 2.95 bits per heavy atom. The van der Waals surface area contributed by atoms with Gasteiger partial charge in [-0.15, -0.1) is 11.3 Å². The molecule has 1 amide bonds. The van der Waals surface area contributed by atoms with E-state index in [4.69, 9.17) is 0 Å². The van der Waals surface area contributed by atoms with Crippen LogP contribution in [0.4, 0.5) is 0 Å². The van der Waals surface area contributed by atoms with Gasteiger partial charge in [-0.3, -0.25) is 9.59 Å². The summed E-state index contributed by atoms with van der Waals surface area (Å²) in [4.78, 5) is 24.6. The molecule has 0 aliphatic heterocycles. The van der Waals surface area contributed by atoms with E-state index in [1.54, 1.807) is 12.1 Å². The third-order valence-corrected chi connectivity index (χ3v) is 5.36. The normalized spacial score (nSPS) is 13.7. The highest BCUT2D eigenvalue weighted by atomic mass is 79.9. The van der Waals surface area contributed by atoms with Crippen LogP contribution in [-0.4, -0.2) is 22.2 Å². The van der Waals surface area contributed by atoms with Gasteiger partial charge in [0.2, 0.25) is 0 Å². The van der Waals surface area contributed by atoms with Crippen molar-refractivity contribution in [2.75, 3.05) is 6.54 Å². The number of rotatable bonds is 4. The van der Waals surface area contributed by atoms with Gasteiger partial charge in [0.25, 0.3) is 11.5 Å². The van der Waals surface area contributed by atoms with Gasteiger partial charge in [0.05, 0.1) is 17.1 Å². The summed E-state index contributed by atoms with van der Waals surface area (Å²) in [5.41, 5.74) is 2.02. The van der Waals surface area contributed by atoms with Crippen LogP contribution in [0.15, 0.2) is 26.8 Å². The molecule has 0 unspecified atom stereocenters. The first kappa shape index (κ1) is 15.4. The van der Waals surface area contributed by atoms with Crippen LogP contribution in [0.3, 0.4) is 0 Å². The average molecular weight is 382 g/mol. The number of nitrogens with one attached hydrogen (secondary N) is 1. The molecule has 3 rings (SSSR count). The molecule has 2 aromatic rings. The number of halogens is 1. The minimum atomic E-state index is -0.123. The Balaban J connectivity index is 1.62. The van der Waals surface area contributed by atoms with Gasteiger partial charge in [-0.05, 0) is 53.2 Å². The van der Waals surface area contributed by atoms with Gasteiger partial charge in [0.1, 0.15) is 0 Å². The second kappa shape index (κ2) is 6.75. The van der Waals surface area contributed by atoms with Crippen molar-refractivity contribution >= 4 is 33.2 Å². The Hall–Kier alpha value is -1.47. The Kier molecular flexibility index (Phi) is 4.73. The van der Waals surface area contributed by atoms with Gasteiger partial charge >= 0.3 is 0 Å². The molecule has 5 nitrogen and oxygen atoms in total. The summed E-state index contributed by atoms with van der Waals surface area (Å²) >= 11 is 4.71. The third kappa shape index (κ3) is 3.47. The van der Waals surface area contributed by atoms with E-state index in [0.717, 1.165) is 41.4 Å². The van der Waals surface area contributed by atoms with E-state index in [1.165, 1.54) is 16.0 Å². The summed E-state index contributed by atoms with van der Waals surface area (Å²) in [6.45, 7) is 0.782. The average Bonchev–Trinajstić information content (AvgIpc) is 2.94. The molecule has 0 aromatic carbocycles. The fourth-order valence-electron chi connectivity index (χ4n) is 2.56. The van der Waals surface area contributed by atoms with Crippen molar-refractivity contribution in [1.82, 2.24) is 15.1 Å². The Bertz CT molecular complexity index is 753. The molecule has 0 spiro atoms. The lowest BCUT2D eigenvalue weighted by atomic mass is 9.97. The molecule has 22 heavy (non-hydrogen) atoms. The topological polar surface area (TPSA) is 64.0 Å². The number of carbonyl (C=O) groups is 1. The van der Waals surface area contributed by atoms with E-state index < -0.39 is 0 Å². The van der Waals surface area contributed by atoms with Crippen molar-refractivity contribution in [3.63, 3.8) is 0 Å². The highest BCUT2D eigenvalue weighted by Crippen LogP contribution is 2.19. The smallest absolute Gasteiger partial charge is 0.267 e. The fraction of sp³-hybridized carbons (Fsp3) is 0.400. The lowest BCUT2D eigenvalue weighted by Crippen LogP contribution is -2.33. The maximum atomic E-state index is 12.0. The largest absolute Gasteiger partial charge is 0.349 e. The van der Waals surface area contributed by atoms with Crippen LogP contribution in [0.2, 0.25) is 0 Å². The molecule has 2 heterocycles. The first-order valence-electron chi connectivity index (χ1n) is 7.25. The number of hydrogen-bond acceptors (Lipinski definition) is 4. The molecule has 1 aliphatic carbocycles. The van der Waals surface area contributed by atoms with Gasteiger partial charge in [0, 0.05) is 22.5 Å². The lowest BCUT2D eigenvalue weighted by Gasteiger charge is -2.15. The minimum Gasteiger partial charge on any atom is -0.349 e. The number of fused-ring (bicyclic) bond motifs is 1. The van der Waals surface area contributed by atoms with Crippen molar-refractivity contribution in [3.8, 4) is 0 Å². The molecule has 0 saturated heterocycles. The van der Waals surface area contributed by atoms with Crippen molar-refractivity contribution < 1.29 is 4.79 Å². The third-order valence-electron chi connectivity index (χ3n) is 3.67. The van der Waals surface area contributed by atoms with E-state index in [-0.39, 0.29) is 11.5 Å². The molecular weight excluding hydrogens is 366 g/mol. The van der Waals surface area contributed by atoms with E-state index >= 15 is 0 Å². The fourth-order valence-corrected chi connectivity index (χ4v) is 3.90. The quantitative estimate of drug-likeness (QED) is 0.883. The van der Waals surface area contributed by atoms with E-state index in [2.05, 4.69) is 26.3 Å². The van der Waals surface area contributed by atoms with Crippen molar-refractivity contribution in [1.29, 1.82) is 0 Å². The van der Waals surface area contributed by atoms with E-state index in [1.807, 2.05) is 5.38 Å². The van der Waals surface area contributed by atoms with Gasteiger partial charge in [-0.1, -0.05) is 0 Å². The number of amides is 1. The summed E-state index contributed by atoms with van der Waals surface area (Å²) in [5, 5.41) is 9.12. The van der Waals surface area contributed by atoms with Crippen molar-refractivity contribution in [2.45, 2.75) is 32.2 Å². The van der Waals surface area contributed by atoms with Gasteiger partial charge < -0.3 is 5.32 Å². The van der Waals surface area contributed by atoms with Gasteiger partial charge in [-0.2, -0.15) is 5.10 Å². The predicted molar refractivity (Wildman–Crippen MR) is 89.5 cm³/mol. The molecule has 1 N–H and O–H groups in total. The number of aryl methyl sites for hydroxylation is 2. The summed E-state index contributed by atoms with van der Waals surface area (Å²) in [7, 11) is 0. The maximum absolute atomic E-state index is 12.0. The summed E-state index contributed by atoms with van der Waals surface area (Å²) < 4.78 is 2.35. The maximum Gasteiger partial charge on any atom is 0.267 e. The van der Waals surface area contributed by atoms with Crippen molar-refractivity contribution in [2.24, 2.45) is 0 Å². The molecular formula is C15H16BrN3O2S. The molecule has 116 valence electrons. The Morgan fingerprint density at radius 1 is 1.36 bits per heavy atom. The summed E-state index contributed by atoms with van der Waals surface area (Å²) in [6, 6.07) is 3.48. The zero-order valence-corrected chi connectivity index (χ0v) is 14.4. The first-order chi connectivity index (χ1) is 10.6. The standard InChI is InChI=1S/C15H16BrN3O2S/c16-11-8-13(22-9-11)15(21)17-5-6-19-14(20)7-10-3-1-2-4-12(10)18-19/h7-9H,1-6H2,(H,17,21). The molecule has 7 heteroatoms. The van der Waals surface area contributed by atoms with Crippen LogP contribution in [0, 0.1) is 0 Å². The Labute approximate surface area is 140 Å². The second-order valence-electron chi connectivity index (χ2n) is 5.27. The first-order valence-corrected chi connectivity index (χ1v) is 8.93. The van der Waals surface area contributed by atoms with Crippen molar-refractivity contribution in [3.05, 3.63) is 48.5 Å². The summed E-state index contributed by atoms with van der Waals surface area (Å²) in [6.07, 6.45) is 4.14.